The molecule has 0 heterocycles. The van der Waals surface area contributed by atoms with Crippen molar-refractivity contribution in [1.29, 1.82) is 0 Å². The molecule has 5 nitrogen and oxygen atoms in total. The van der Waals surface area contributed by atoms with E-state index in [9.17, 15) is 4.79 Å². The molecule has 0 radical (unpaired) electrons. The number of carbonyl (C=O) groups excluding carboxylic acids is 1. The van der Waals surface area contributed by atoms with Gasteiger partial charge in [-0.3, -0.25) is 15.6 Å². The quantitative estimate of drug-likeness (QED) is 0.559. The summed E-state index contributed by atoms with van der Waals surface area (Å²) in [4.78, 5) is 11.9. The Labute approximate surface area is 154 Å². The molecule has 0 atom stereocenters. The molecule has 0 aliphatic rings. The third-order valence-corrected chi connectivity index (χ3v) is 3.69. The molecule has 1 rings (SSSR count). The second-order valence-corrected chi connectivity index (χ2v) is 7.78. The third kappa shape index (κ3) is 6.93. The maximum absolute atomic E-state index is 11.9. The van der Waals surface area contributed by atoms with Crippen LogP contribution in [0.2, 0.25) is 5.02 Å². The van der Waals surface area contributed by atoms with Gasteiger partial charge >= 0.3 is 0 Å². The molecule has 24 heavy (non-hydrogen) atoms. The van der Waals surface area contributed by atoms with E-state index in [0.717, 1.165) is 11.1 Å². The lowest BCUT2D eigenvalue weighted by Gasteiger charge is -2.23. The van der Waals surface area contributed by atoms with Crippen LogP contribution in [0.15, 0.2) is 12.1 Å². The van der Waals surface area contributed by atoms with Crippen molar-refractivity contribution in [1.82, 2.24) is 16.2 Å². The van der Waals surface area contributed by atoms with Crippen molar-refractivity contribution in [3.8, 4) is 5.75 Å². The molecule has 0 fully saturated rings. The van der Waals surface area contributed by atoms with Crippen LogP contribution in [-0.2, 0) is 4.79 Å². The van der Waals surface area contributed by atoms with Crippen molar-refractivity contribution in [3.05, 3.63) is 28.3 Å². The Kier molecular flexibility index (Phi) is 7.29. The zero-order chi connectivity index (χ0) is 18.5. The zero-order valence-corrected chi connectivity index (χ0v) is 16.6. The highest BCUT2D eigenvalue weighted by Gasteiger charge is 2.14. The molecule has 0 unspecified atom stereocenters. The Bertz CT molecular complexity index is 613. The summed E-state index contributed by atoms with van der Waals surface area (Å²) >= 11 is 11.3. The Morgan fingerprint density at radius 3 is 2.46 bits per heavy atom. The number of hydrazine groups is 1. The van der Waals surface area contributed by atoms with E-state index in [1.54, 1.807) is 0 Å². The summed E-state index contributed by atoms with van der Waals surface area (Å²) in [6, 6.07) is 3.74. The largest absolute Gasteiger partial charge is 0.483 e. The van der Waals surface area contributed by atoms with E-state index >= 15 is 0 Å². The van der Waals surface area contributed by atoms with Gasteiger partial charge in [-0.1, -0.05) is 25.4 Å². The maximum atomic E-state index is 11.9. The van der Waals surface area contributed by atoms with E-state index in [4.69, 9.17) is 28.6 Å². The minimum absolute atomic E-state index is 0.119. The summed E-state index contributed by atoms with van der Waals surface area (Å²) in [5.74, 6) is 0.579. The number of ether oxygens (including phenoxy) is 1. The molecule has 0 saturated carbocycles. The number of nitrogens with one attached hydrogen (secondary N) is 3. The molecular weight excluding hydrogens is 346 g/mol. The molecule has 0 spiro atoms. The van der Waals surface area contributed by atoms with E-state index in [1.807, 2.05) is 53.7 Å². The van der Waals surface area contributed by atoms with E-state index in [0.29, 0.717) is 15.9 Å². The molecule has 1 amide bonds. The number of halogens is 1. The van der Waals surface area contributed by atoms with Crippen molar-refractivity contribution in [3.63, 3.8) is 0 Å². The number of hydrogen-bond donors (Lipinski definition) is 3. The molecule has 0 saturated heterocycles. The average Bonchev–Trinajstić information content (AvgIpc) is 2.43. The minimum Gasteiger partial charge on any atom is -0.483 e. The van der Waals surface area contributed by atoms with Crippen LogP contribution < -0.4 is 20.9 Å². The SMILES string of the molecule is Cc1cc(OCC(=O)NNC(=S)NC(C)(C)C)c(C(C)C)cc1Cl. The van der Waals surface area contributed by atoms with Crippen molar-refractivity contribution in [2.24, 2.45) is 0 Å². The van der Waals surface area contributed by atoms with E-state index in [2.05, 4.69) is 16.2 Å². The number of amides is 1. The second-order valence-electron chi connectivity index (χ2n) is 6.96. The van der Waals surface area contributed by atoms with Crippen molar-refractivity contribution in [2.75, 3.05) is 6.61 Å². The standard InChI is InChI=1S/C17H26ClN3O2S/c1-10(2)12-8-13(18)11(3)7-14(12)23-9-15(22)20-21-16(24)19-17(4,5)6/h7-8,10H,9H2,1-6H3,(H,20,22)(H2,19,21,24). The van der Waals surface area contributed by atoms with Gasteiger partial charge in [0.05, 0.1) is 0 Å². The first-order chi connectivity index (χ1) is 11.0. The first kappa shape index (κ1) is 20.5. The van der Waals surface area contributed by atoms with Crippen molar-refractivity contribution < 1.29 is 9.53 Å². The van der Waals surface area contributed by atoms with Crippen LogP contribution in [0, 0.1) is 6.92 Å². The van der Waals surface area contributed by atoms with Crippen LogP contribution in [0.25, 0.3) is 0 Å². The van der Waals surface area contributed by atoms with Gasteiger partial charge in [0, 0.05) is 10.6 Å². The number of benzene rings is 1. The first-order valence-corrected chi connectivity index (χ1v) is 8.58. The van der Waals surface area contributed by atoms with Gasteiger partial charge in [-0.15, -0.1) is 0 Å². The van der Waals surface area contributed by atoms with Crippen molar-refractivity contribution in [2.45, 2.75) is 53.0 Å². The summed E-state index contributed by atoms with van der Waals surface area (Å²) in [7, 11) is 0. The van der Waals surface area contributed by atoms with E-state index < -0.39 is 0 Å². The second kappa shape index (κ2) is 8.53. The normalized spacial score (nSPS) is 11.2. The Morgan fingerprint density at radius 1 is 1.29 bits per heavy atom. The van der Waals surface area contributed by atoms with E-state index in [1.165, 1.54) is 0 Å². The van der Waals surface area contributed by atoms with Gasteiger partial charge in [0.25, 0.3) is 5.91 Å². The van der Waals surface area contributed by atoms with Crippen LogP contribution in [0.5, 0.6) is 5.75 Å². The minimum atomic E-state index is -0.324. The maximum Gasteiger partial charge on any atom is 0.276 e. The lowest BCUT2D eigenvalue weighted by atomic mass is 10.0. The summed E-state index contributed by atoms with van der Waals surface area (Å²) in [5.41, 5.74) is 6.85. The molecule has 0 aromatic heterocycles. The topological polar surface area (TPSA) is 62.4 Å². The molecule has 134 valence electrons. The monoisotopic (exact) mass is 371 g/mol. The molecule has 0 aliphatic carbocycles. The molecular formula is C17H26ClN3O2S. The lowest BCUT2D eigenvalue weighted by Crippen LogP contribution is -2.53. The smallest absolute Gasteiger partial charge is 0.276 e. The highest BCUT2D eigenvalue weighted by Crippen LogP contribution is 2.31. The first-order valence-electron chi connectivity index (χ1n) is 7.79. The molecule has 0 aliphatic heterocycles. The predicted molar refractivity (Wildman–Crippen MR) is 103 cm³/mol. The van der Waals surface area contributed by atoms with Gasteiger partial charge in [0.1, 0.15) is 5.75 Å². The number of thiocarbonyl (C=S) groups is 1. The number of rotatable bonds is 4. The van der Waals surface area contributed by atoms with Gasteiger partial charge in [-0.2, -0.15) is 0 Å². The summed E-state index contributed by atoms with van der Waals surface area (Å²) in [5, 5.41) is 4.07. The fourth-order valence-corrected chi connectivity index (χ4v) is 2.45. The molecule has 1 aromatic carbocycles. The molecule has 7 heteroatoms. The molecule has 3 N–H and O–H groups in total. The van der Waals surface area contributed by atoms with Crippen LogP contribution in [0.1, 0.15) is 51.7 Å². The van der Waals surface area contributed by atoms with E-state index in [-0.39, 0.29) is 24.0 Å². The Morgan fingerprint density at radius 2 is 1.92 bits per heavy atom. The zero-order valence-electron chi connectivity index (χ0n) is 15.0. The van der Waals surface area contributed by atoms with Gasteiger partial charge in [0.2, 0.25) is 0 Å². The number of hydrogen-bond acceptors (Lipinski definition) is 3. The number of carbonyl (C=O) groups is 1. The third-order valence-electron chi connectivity index (χ3n) is 3.08. The highest BCUT2D eigenvalue weighted by atomic mass is 35.5. The van der Waals surface area contributed by atoms with Crippen LogP contribution in [0.4, 0.5) is 0 Å². The van der Waals surface area contributed by atoms with Crippen LogP contribution >= 0.6 is 23.8 Å². The predicted octanol–water partition coefficient (Wildman–Crippen LogP) is 3.44. The van der Waals surface area contributed by atoms with Crippen LogP contribution in [-0.4, -0.2) is 23.2 Å². The molecule has 0 bridgehead atoms. The fourth-order valence-electron chi connectivity index (χ4n) is 1.92. The van der Waals surface area contributed by atoms with Gasteiger partial charge in [0.15, 0.2) is 11.7 Å². The summed E-state index contributed by atoms with van der Waals surface area (Å²) in [6.07, 6.45) is 0. The van der Waals surface area contributed by atoms with Gasteiger partial charge in [-0.05, 0) is 69.1 Å². The highest BCUT2D eigenvalue weighted by molar-refractivity contribution is 7.80. The Hall–Kier alpha value is -1.53. The summed E-state index contributed by atoms with van der Waals surface area (Å²) < 4.78 is 5.65. The average molecular weight is 372 g/mol. The summed E-state index contributed by atoms with van der Waals surface area (Å²) in [6.45, 7) is 11.8. The number of aryl methyl sites for hydroxylation is 1. The van der Waals surface area contributed by atoms with Gasteiger partial charge in [-0.25, -0.2) is 0 Å². The fraction of sp³-hybridized carbons (Fsp3) is 0.529. The Balaban J connectivity index is 2.59. The van der Waals surface area contributed by atoms with Crippen molar-refractivity contribution >= 4 is 34.8 Å². The molecule has 1 aromatic rings. The van der Waals surface area contributed by atoms with Gasteiger partial charge < -0.3 is 10.1 Å². The van der Waals surface area contributed by atoms with Crippen LogP contribution in [0.3, 0.4) is 0 Å². The lowest BCUT2D eigenvalue weighted by molar-refractivity contribution is -0.123.